The van der Waals surface area contributed by atoms with Crippen molar-refractivity contribution >= 4 is 22.6 Å². The van der Waals surface area contributed by atoms with Gasteiger partial charge in [0.2, 0.25) is 5.88 Å². The molecule has 24 heavy (non-hydrogen) atoms. The van der Waals surface area contributed by atoms with E-state index in [9.17, 15) is 14.9 Å². The van der Waals surface area contributed by atoms with Gasteiger partial charge in [-0.15, -0.1) is 0 Å². The molecule has 0 unspecified atom stereocenters. The Morgan fingerprint density at radius 1 is 1.25 bits per heavy atom. The maximum Gasteiger partial charge on any atom is 0.354 e. The second-order valence-corrected chi connectivity index (χ2v) is 5.01. The van der Waals surface area contributed by atoms with Gasteiger partial charge in [-0.25, -0.2) is 9.78 Å². The van der Waals surface area contributed by atoms with Crippen molar-refractivity contribution in [2.24, 2.45) is 7.05 Å². The monoisotopic (exact) mass is 327 g/mol. The van der Waals surface area contributed by atoms with Crippen LogP contribution in [0.15, 0.2) is 42.6 Å². The number of ether oxygens (including phenoxy) is 2. The molecule has 0 fully saturated rings. The predicted octanol–water partition coefficient (Wildman–Crippen LogP) is 3.06. The molecule has 0 amide bonds. The fraction of sp³-hybridized carbons (Fsp3) is 0.125. The van der Waals surface area contributed by atoms with Gasteiger partial charge in [0.25, 0.3) is 5.69 Å². The SMILES string of the molecule is COC(=O)c1cc2cc(Oc3ccc([N+](=O)[O-])cn3)ccc2n1C. The molecule has 8 nitrogen and oxygen atoms in total. The minimum absolute atomic E-state index is 0.108. The van der Waals surface area contributed by atoms with Crippen molar-refractivity contribution in [1.29, 1.82) is 0 Å². The molecule has 122 valence electrons. The number of hydrogen-bond donors (Lipinski definition) is 0. The predicted molar refractivity (Wildman–Crippen MR) is 85.2 cm³/mol. The van der Waals surface area contributed by atoms with Crippen molar-refractivity contribution < 1.29 is 19.2 Å². The van der Waals surface area contributed by atoms with E-state index in [1.54, 1.807) is 29.8 Å². The van der Waals surface area contributed by atoms with Gasteiger partial charge >= 0.3 is 5.97 Å². The number of carbonyl (C=O) groups is 1. The van der Waals surface area contributed by atoms with Crippen LogP contribution in [0, 0.1) is 10.1 Å². The number of esters is 1. The standard InChI is InChI=1S/C16H13N3O5/c1-18-13-5-4-12(7-10(13)8-14(18)16(20)23-2)24-15-6-3-11(9-17-15)19(21)22/h3-9H,1-2H3. The Morgan fingerprint density at radius 3 is 2.67 bits per heavy atom. The lowest BCUT2D eigenvalue weighted by Crippen LogP contribution is -2.06. The van der Waals surface area contributed by atoms with E-state index in [0.717, 1.165) is 17.1 Å². The summed E-state index contributed by atoms with van der Waals surface area (Å²) in [4.78, 5) is 25.7. The number of aryl methyl sites for hydroxylation is 1. The topological polar surface area (TPSA) is 96.5 Å². The summed E-state index contributed by atoms with van der Waals surface area (Å²) in [6, 6.07) is 9.74. The van der Waals surface area contributed by atoms with Crippen LogP contribution in [0.4, 0.5) is 5.69 Å². The molecule has 0 saturated carbocycles. The van der Waals surface area contributed by atoms with Crippen LogP contribution in [0.25, 0.3) is 10.9 Å². The molecule has 0 saturated heterocycles. The first kappa shape index (κ1) is 15.5. The van der Waals surface area contributed by atoms with Gasteiger partial charge in [-0.2, -0.15) is 0 Å². The molecule has 8 heteroatoms. The first-order valence-corrected chi connectivity index (χ1v) is 6.95. The molecular formula is C16H13N3O5. The number of fused-ring (bicyclic) bond motifs is 1. The summed E-state index contributed by atoms with van der Waals surface area (Å²) in [7, 11) is 3.10. The van der Waals surface area contributed by atoms with E-state index < -0.39 is 10.9 Å². The van der Waals surface area contributed by atoms with E-state index in [-0.39, 0.29) is 11.6 Å². The van der Waals surface area contributed by atoms with Crippen LogP contribution in [0.3, 0.4) is 0 Å². The Morgan fingerprint density at radius 2 is 2.04 bits per heavy atom. The maximum atomic E-state index is 11.7. The van der Waals surface area contributed by atoms with Gasteiger partial charge < -0.3 is 14.0 Å². The van der Waals surface area contributed by atoms with Crippen molar-refractivity contribution in [3.63, 3.8) is 0 Å². The van der Waals surface area contributed by atoms with Crippen LogP contribution in [-0.4, -0.2) is 27.6 Å². The summed E-state index contributed by atoms with van der Waals surface area (Å²) in [5, 5.41) is 11.4. The lowest BCUT2D eigenvalue weighted by Gasteiger charge is -2.05. The largest absolute Gasteiger partial charge is 0.464 e. The van der Waals surface area contributed by atoms with Crippen molar-refractivity contribution in [3.05, 3.63) is 58.4 Å². The molecule has 0 N–H and O–H groups in total. The molecule has 3 rings (SSSR count). The molecule has 0 aliphatic carbocycles. The van der Waals surface area contributed by atoms with Crippen molar-refractivity contribution in [2.45, 2.75) is 0 Å². The number of nitro groups is 1. The van der Waals surface area contributed by atoms with Crippen LogP contribution in [-0.2, 0) is 11.8 Å². The summed E-state index contributed by atoms with van der Waals surface area (Å²) in [5.74, 6) is 0.322. The molecule has 0 aliphatic heterocycles. The van der Waals surface area contributed by atoms with Gasteiger partial charge in [0.1, 0.15) is 17.6 Å². The molecule has 0 spiro atoms. The highest BCUT2D eigenvalue weighted by Crippen LogP contribution is 2.27. The maximum absolute atomic E-state index is 11.7. The summed E-state index contributed by atoms with van der Waals surface area (Å²) < 4.78 is 12.1. The number of carbonyl (C=O) groups excluding carboxylic acids is 1. The van der Waals surface area contributed by atoms with Gasteiger partial charge in [-0.05, 0) is 24.3 Å². The van der Waals surface area contributed by atoms with Crippen LogP contribution >= 0.6 is 0 Å². The second-order valence-electron chi connectivity index (χ2n) is 5.01. The average molecular weight is 327 g/mol. The fourth-order valence-electron chi connectivity index (χ4n) is 2.35. The zero-order valence-corrected chi connectivity index (χ0v) is 12.9. The Bertz CT molecular complexity index is 931. The zero-order valence-electron chi connectivity index (χ0n) is 12.9. The first-order chi connectivity index (χ1) is 11.5. The summed E-state index contributed by atoms with van der Waals surface area (Å²) in [5.41, 5.74) is 1.17. The van der Waals surface area contributed by atoms with E-state index in [1.165, 1.54) is 19.2 Å². The Balaban J connectivity index is 1.90. The molecule has 0 bridgehead atoms. The van der Waals surface area contributed by atoms with Gasteiger partial charge in [0.05, 0.1) is 12.0 Å². The van der Waals surface area contributed by atoms with Gasteiger partial charge in [0, 0.05) is 30.1 Å². The van der Waals surface area contributed by atoms with E-state index in [2.05, 4.69) is 4.98 Å². The molecule has 0 atom stereocenters. The van der Waals surface area contributed by atoms with Crippen molar-refractivity contribution in [1.82, 2.24) is 9.55 Å². The van der Waals surface area contributed by atoms with Gasteiger partial charge in [-0.1, -0.05) is 0 Å². The summed E-state index contributed by atoms with van der Waals surface area (Å²) in [6.45, 7) is 0. The number of nitrogens with zero attached hydrogens (tertiary/aromatic N) is 3. The Hall–Kier alpha value is -3.42. The first-order valence-electron chi connectivity index (χ1n) is 6.95. The molecule has 1 aromatic carbocycles. The lowest BCUT2D eigenvalue weighted by molar-refractivity contribution is -0.385. The second kappa shape index (κ2) is 5.99. The molecule has 0 radical (unpaired) electrons. The third-order valence-corrected chi connectivity index (χ3v) is 3.56. The van der Waals surface area contributed by atoms with E-state index in [1.807, 2.05) is 6.07 Å². The Labute approximate surface area is 136 Å². The third kappa shape index (κ3) is 2.76. The number of methoxy groups -OCH3 is 1. The van der Waals surface area contributed by atoms with E-state index in [0.29, 0.717) is 11.4 Å². The normalized spacial score (nSPS) is 10.6. The third-order valence-electron chi connectivity index (χ3n) is 3.56. The molecule has 2 aromatic heterocycles. The van der Waals surface area contributed by atoms with Crippen LogP contribution in [0.2, 0.25) is 0 Å². The number of benzene rings is 1. The summed E-state index contributed by atoms with van der Waals surface area (Å²) in [6.07, 6.45) is 1.13. The van der Waals surface area contributed by atoms with Crippen LogP contribution in [0.5, 0.6) is 11.6 Å². The highest BCUT2D eigenvalue weighted by Gasteiger charge is 2.14. The average Bonchev–Trinajstić information content (AvgIpc) is 2.91. The van der Waals surface area contributed by atoms with Gasteiger partial charge in [-0.3, -0.25) is 10.1 Å². The number of hydrogen-bond acceptors (Lipinski definition) is 6. The number of aromatic nitrogens is 2. The lowest BCUT2D eigenvalue weighted by atomic mass is 10.2. The smallest absolute Gasteiger partial charge is 0.354 e. The minimum atomic E-state index is -0.527. The molecular weight excluding hydrogens is 314 g/mol. The highest BCUT2D eigenvalue weighted by atomic mass is 16.6. The van der Waals surface area contributed by atoms with Gasteiger partial charge in [0.15, 0.2) is 0 Å². The number of pyridine rings is 1. The number of rotatable bonds is 4. The van der Waals surface area contributed by atoms with E-state index in [4.69, 9.17) is 9.47 Å². The Kier molecular flexibility index (Phi) is 3.87. The fourth-order valence-corrected chi connectivity index (χ4v) is 2.35. The molecule has 2 heterocycles. The minimum Gasteiger partial charge on any atom is -0.464 e. The molecule has 3 aromatic rings. The van der Waals surface area contributed by atoms with Crippen LogP contribution in [0.1, 0.15) is 10.5 Å². The quantitative estimate of drug-likeness (QED) is 0.415. The zero-order chi connectivity index (χ0) is 17.3. The molecule has 0 aliphatic rings. The van der Waals surface area contributed by atoms with Crippen LogP contribution < -0.4 is 4.74 Å². The van der Waals surface area contributed by atoms with Crippen molar-refractivity contribution in [2.75, 3.05) is 7.11 Å². The summed E-state index contributed by atoms with van der Waals surface area (Å²) >= 11 is 0. The highest BCUT2D eigenvalue weighted by molar-refractivity contribution is 5.95. The van der Waals surface area contributed by atoms with Crippen molar-refractivity contribution in [3.8, 4) is 11.6 Å². The van der Waals surface area contributed by atoms with E-state index >= 15 is 0 Å².